The second-order valence-corrected chi connectivity index (χ2v) is 5.40. The smallest absolute Gasteiger partial charge is 0.439 e. The molecule has 0 saturated heterocycles. The van der Waals surface area contributed by atoms with Crippen LogP contribution >= 0.6 is 0 Å². The minimum Gasteiger partial charge on any atom is -0.462 e. The molecule has 0 aliphatic carbocycles. The highest BCUT2D eigenvalue weighted by Crippen LogP contribution is 2.20. The summed E-state index contributed by atoms with van der Waals surface area (Å²) in [6, 6.07) is 7.52. The van der Waals surface area contributed by atoms with Crippen LogP contribution in [0.25, 0.3) is 17.1 Å². The van der Waals surface area contributed by atoms with Gasteiger partial charge >= 0.3 is 11.8 Å². The Morgan fingerprint density at radius 3 is 3.00 bits per heavy atom. The fraction of sp³-hybridized carbons (Fsp3) is 0.357. The van der Waals surface area contributed by atoms with Crippen molar-refractivity contribution in [3.8, 4) is 23.1 Å². The van der Waals surface area contributed by atoms with E-state index in [0.29, 0.717) is 35.6 Å². The zero-order chi connectivity index (χ0) is 16.2. The summed E-state index contributed by atoms with van der Waals surface area (Å²) in [6.07, 6.45) is 0.910. The number of ether oxygens (including phenoxy) is 1. The molecule has 1 aromatic carbocycles. The van der Waals surface area contributed by atoms with Crippen LogP contribution in [0.2, 0.25) is 0 Å². The number of benzene rings is 1. The van der Waals surface area contributed by atoms with Crippen LogP contribution in [0.15, 0.2) is 33.6 Å². The molecular weight excluding hydrogens is 300 g/mol. The van der Waals surface area contributed by atoms with Gasteiger partial charge in [0.1, 0.15) is 0 Å². The Morgan fingerprint density at radius 1 is 1.39 bits per heavy atom. The first-order valence-electron chi connectivity index (χ1n) is 7.21. The van der Waals surface area contributed by atoms with Gasteiger partial charge in [-0.25, -0.2) is 4.79 Å². The molecule has 2 heterocycles. The molecule has 0 unspecified atom stereocenters. The fourth-order valence-corrected chi connectivity index (χ4v) is 1.96. The molecule has 1 N–H and O–H groups in total. The fourth-order valence-electron chi connectivity index (χ4n) is 1.96. The minimum absolute atomic E-state index is 0.316. The number of hydrogen-bond acceptors (Lipinski definition) is 7. The van der Waals surface area contributed by atoms with Crippen molar-refractivity contribution in [1.82, 2.24) is 30.3 Å². The van der Waals surface area contributed by atoms with Crippen LogP contribution < -0.4 is 10.5 Å². The van der Waals surface area contributed by atoms with Crippen LogP contribution in [0.4, 0.5) is 0 Å². The Morgan fingerprint density at radius 2 is 2.26 bits per heavy atom. The van der Waals surface area contributed by atoms with E-state index in [1.165, 1.54) is 4.68 Å². The first-order chi connectivity index (χ1) is 11.1. The number of nitrogens with zero attached hydrogens (tertiary/aromatic N) is 5. The van der Waals surface area contributed by atoms with Crippen molar-refractivity contribution in [2.75, 3.05) is 6.61 Å². The van der Waals surface area contributed by atoms with Gasteiger partial charge in [0, 0.05) is 5.56 Å². The Labute approximate surface area is 131 Å². The highest BCUT2D eigenvalue weighted by molar-refractivity contribution is 5.58. The second kappa shape index (κ2) is 6.42. The van der Waals surface area contributed by atoms with Gasteiger partial charge in [0.05, 0.1) is 12.3 Å². The largest absolute Gasteiger partial charge is 0.462 e. The van der Waals surface area contributed by atoms with Crippen LogP contribution in [0.1, 0.15) is 20.3 Å². The van der Waals surface area contributed by atoms with E-state index < -0.39 is 5.76 Å². The number of hydrogen-bond donors (Lipinski definition) is 1. The summed E-state index contributed by atoms with van der Waals surface area (Å²) < 4.78 is 11.6. The van der Waals surface area contributed by atoms with E-state index in [1.807, 2.05) is 6.07 Å². The number of aromatic nitrogens is 6. The molecule has 0 radical (unpaired) electrons. The molecule has 0 atom stereocenters. The van der Waals surface area contributed by atoms with E-state index in [0.717, 1.165) is 6.42 Å². The molecule has 0 aliphatic heterocycles. The van der Waals surface area contributed by atoms with Crippen LogP contribution in [-0.2, 0) is 0 Å². The molecule has 23 heavy (non-hydrogen) atoms. The highest BCUT2D eigenvalue weighted by atomic mass is 16.5. The van der Waals surface area contributed by atoms with E-state index >= 15 is 0 Å². The molecule has 0 amide bonds. The van der Waals surface area contributed by atoms with Crippen molar-refractivity contribution >= 4 is 0 Å². The summed E-state index contributed by atoms with van der Waals surface area (Å²) in [5, 5.41) is 15.1. The van der Waals surface area contributed by atoms with Crippen LogP contribution in [0.5, 0.6) is 6.01 Å². The average Bonchev–Trinajstić information content (AvgIpc) is 3.16. The molecule has 3 rings (SSSR count). The lowest BCUT2D eigenvalue weighted by atomic mass is 10.1. The summed E-state index contributed by atoms with van der Waals surface area (Å²) in [5.74, 6) is 0.268. The van der Waals surface area contributed by atoms with Gasteiger partial charge < -0.3 is 4.74 Å². The normalized spacial score (nSPS) is 11.1. The topological polar surface area (TPSA) is 112 Å². The van der Waals surface area contributed by atoms with Crippen molar-refractivity contribution in [1.29, 1.82) is 0 Å². The molecule has 0 saturated carbocycles. The number of rotatable bonds is 6. The van der Waals surface area contributed by atoms with Crippen LogP contribution in [0.3, 0.4) is 0 Å². The second-order valence-electron chi connectivity index (χ2n) is 5.40. The Balaban J connectivity index is 1.85. The predicted molar refractivity (Wildman–Crippen MR) is 80.2 cm³/mol. The van der Waals surface area contributed by atoms with Gasteiger partial charge in [-0.2, -0.15) is 4.68 Å². The lowest BCUT2D eigenvalue weighted by molar-refractivity contribution is 0.262. The molecule has 0 spiro atoms. The third kappa shape index (κ3) is 3.44. The lowest BCUT2D eigenvalue weighted by Crippen LogP contribution is -2.07. The first kappa shape index (κ1) is 14.9. The van der Waals surface area contributed by atoms with Crippen molar-refractivity contribution in [2.45, 2.75) is 20.3 Å². The van der Waals surface area contributed by atoms with E-state index in [4.69, 9.17) is 4.74 Å². The van der Waals surface area contributed by atoms with Crippen molar-refractivity contribution < 1.29 is 9.26 Å². The molecule has 3 aromatic rings. The summed E-state index contributed by atoms with van der Waals surface area (Å²) in [7, 11) is 0. The number of aromatic amines is 1. The van der Waals surface area contributed by atoms with Gasteiger partial charge in [-0.05, 0) is 34.9 Å². The number of tetrazole rings is 1. The van der Waals surface area contributed by atoms with Gasteiger partial charge in [0.25, 0.3) is 0 Å². The Hall–Kier alpha value is -2.97. The maximum Gasteiger partial charge on any atom is 0.439 e. The first-order valence-corrected chi connectivity index (χ1v) is 7.21. The van der Waals surface area contributed by atoms with Crippen molar-refractivity contribution in [3.05, 3.63) is 34.8 Å². The van der Waals surface area contributed by atoms with Gasteiger partial charge in [-0.15, -0.1) is 0 Å². The van der Waals surface area contributed by atoms with E-state index in [1.54, 1.807) is 18.2 Å². The molecule has 2 aromatic heterocycles. The van der Waals surface area contributed by atoms with Crippen LogP contribution in [-0.4, -0.2) is 37.0 Å². The van der Waals surface area contributed by atoms with Gasteiger partial charge in [-0.3, -0.25) is 9.51 Å². The zero-order valence-corrected chi connectivity index (χ0v) is 12.8. The van der Waals surface area contributed by atoms with Crippen molar-refractivity contribution in [2.24, 2.45) is 5.92 Å². The standard InChI is InChI=1S/C14H16N6O3/c1-9(2)6-7-22-13-16-18-19-20(13)11-5-3-4-10(8-11)12-15-14(21)23-17-12/h3-5,8-9H,6-7H2,1-2H3,(H,15,17,21). The Kier molecular flexibility index (Phi) is 4.18. The molecule has 9 heteroatoms. The Bertz CT molecular complexity index is 835. The van der Waals surface area contributed by atoms with E-state index in [9.17, 15) is 4.79 Å². The highest BCUT2D eigenvalue weighted by Gasteiger charge is 2.12. The van der Waals surface area contributed by atoms with Gasteiger partial charge in [0.15, 0.2) is 5.82 Å². The molecular formula is C14H16N6O3. The molecule has 9 nitrogen and oxygen atoms in total. The third-order valence-corrected chi connectivity index (χ3v) is 3.17. The summed E-state index contributed by atoms with van der Waals surface area (Å²) >= 11 is 0. The number of nitrogens with one attached hydrogen (secondary N) is 1. The molecule has 0 bridgehead atoms. The SMILES string of the molecule is CC(C)CCOc1nnnn1-c1cccc(-c2noc(=O)[nH]2)c1. The molecule has 120 valence electrons. The third-order valence-electron chi connectivity index (χ3n) is 3.17. The lowest BCUT2D eigenvalue weighted by Gasteiger charge is -2.08. The summed E-state index contributed by atoms with van der Waals surface area (Å²) in [5.41, 5.74) is 1.37. The van der Waals surface area contributed by atoms with Gasteiger partial charge in [0.2, 0.25) is 0 Å². The number of H-pyrrole nitrogens is 1. The monoisotopic (exact) mass is 316 g/mol. The molecule has 0 aliphatic rings. The molecule has 0 fully saturated rings. The van der Waals surface area contributed by atoms with Gasteiger partial charge in [-0.1, -0.05) is 36.2 Å². The quantitative estimate of drug-likeness (QED) is 0.732. The zero-order valence-electron chi connectivity index (χ0n) is 12.8. The predicted octanol–water partition coefficient (Wildman–Crippen LogP) is 1.43. The van der Waals surface area contributed by atoms with Crippen molar-refractivity contribution in [3.63, 3.8) is 0 Å². The van der Waals surface area contributed by atoms with E-state index in [2.05, 4.69) is 44.0 Å². The maximum absolute atomic E-state index is 11.1. The van der Waals surface area contributed by atoms with Crippen LogP contribution in [0, 0.1) is 5.92 Å². The maximum atomic E-state index is 11.1. The minimum atomic E-state index is -0.606. The summed E-state index contributed by atoms with van der Waals surface area (Å²) in [4.78, 5) is 13.6. The van der Waals surface area contributed by atoms with E-state index in [-0.39, 0.29) is 0 Å². The summed E-state index contributed by atoms with van der Waals surface area (Å²) in [6.45, 7) is 4.78. The average molecular weight is 316 g/mol.